The highest BCUT2D eigenvalue weighted by Gasteiger charge is 2.22. The van der Waals surface area contributed by atoms with E-state index in [-0.39, 0.29) is 17.5 Å². The molecule has 0 fully saturated rings. The Kier molecular flexibility index (Phi) is 5.38. The Morgan fingerprint density at radius 2 is 2.11 bits per heavy atom. The van der Waals surface area contributed by atoms with E-state index < -0.39 is 0 Å². The van der Waals surface area contributed by atoms with E-state index in [4.69, 9.17) is 0 Å². The first-order valence-electron chi connectivity index (χ1n) is 8.28. The summed E-state index contributed by atoms with van der Waals surface area (Å²) in [5, 5.41) is 6.31. The van der Waals surface area contributed by atoms with Crippen LogP contribution in [0, 0.1) is 5.82 Å². The monoisotopic (exact) mass is 476 g/mol. The number of halogens is 2. The Bertz CT molecular complexity index is 1120. The molecule has 0 aliphatic rings. The van der Waals surface area contributed by atoms with Gasteiger partial charge in [0.25, 0.3) is 5.91 Å². The molecular formula is C19H14BrFN4OS2. The summed E-state index contributed by atoms with van der Waals surface area (Å²) in [6.45, 7) is 0.456. The SMILES string of the molecule is CN(Cc1ccc(Br)s1)C(=O)c1nc(-c2cccs2)n(-c2cccc(F)c2)n1. The molecule has 0 spiro atoms. The summed E-state index contributed by atoms with van der Waals surface area (Å²) in [6, 6.07) is 13.8. The van der Waals surface area contributed by atoms with Crippen LogP contribution in [-0.4, -0.2) is 32.6 Å². The molecule has 1 aromatic carbocycles. The average molecular weight is 477 g/mol. The molecule has 3 aromatic heterocycles. The second-order valence-electron chi connectivity index (χ2n) is 6.00. The molecule has 0 unspecified atom stereocenters. The summed E-state index contributed by atoms with van der Waals surface area (Å²) in [5.74, 6) is -0.0853. The minimum Gasteiger partial charge on any atom is -0.334 e. The van der Waals surface area contributed by atoms with Crippen LogP contribution in [-0.2, 0) is 6.54 Å². The molecule has 5 nitrogen and oxygen atoms in total. The Morgan fingerprint density at radius 3 is 2.79 bits per heavy atom. The maximum atomic E-state index is 13.7. The van der Waals surface area contributed by atoms with Crippen molar-refractivity contribution in [1.29, 1.82) is 0 Å². The van der Waals surface area contributed by atoms with Crippen LogP contribution >= 0.6 is 38.6 Å². The van der Waals surface area contributed by atoms with Crippen molar-refractivity contribution in [2.75, 3.05) is 7.05 Å². The van der Waals surface area contributed by atoms with Gasteiger partial charge in [-0.3, -0.25) is 4.79 Å². The number of hydrogen-bond donors (Lipinski definition) is 0. The molecule has 0 N–H and O–H groups in total. The standard InChI is InChI=1S/C19H14BrFN4OS2/c1-24(11-14-7-8-16(20)28-14)19(26)17-22-18(15-6-3-9-27-15)25(23-17)13-5-2-4-12(21)10-13/h2-10H,11H2,1H3. The van der Waals surface area contributed by atoms with E-state index in [0.29, 0.717) is 18.1 Å². The highest BCUT2D eigenvalue weighted by Crippen LogP contribution is 2.27. The van der Waals surface area contributed by atoms with Crippen LogP contribution in [0.1, 0.15) is 15.5 Å². The number of nitrogens with zero attached hydrogens (tertiary/aromatic N) is 4. The van der Waals surface area contributed by atoms with Crippen LogP contribution in [0.25, 0.3) is 16.4 Å². The van der Waals surface area contributed by atoms with Crippen molar-refractivity contribution < 1.29 is 9.18 Å². The molecule has 0 saturated carbocycles. The first kappa shape index (κ1) is 19.0. The molecular weight excluding hydrogens is 463 g/mol. The molecule has 142 valence electrons. The smallest absolute Gasteiger partial charge is 0.293 e. The third-order valence-electron chi connectivity index (χ3n) is 3.96. The van der Waals surface area contributed by atoms with E-state index in [2.05, 4.69) is 26.0 Å². The second kappa shape index (κ2) is 7.94. The van der Waals surface area contributed by atoms with Crippen molar-refractivity contribution in [3.05, 3.63) is 74.2 Å². The molecule has 0 aliphatic carbocycles. The van der Waals surface area contributed by atoms with E-state index >= 15 is 0 Å². The number of aromatic nitrogens is 3. The fraction of sp³-hybridized carbons (Fsp3) is 0.105. The minimum atomic E-state index is -0.376. The second-order valence-corrected chi connectivity index (χ2v) is 9.49. The van der Waals surface area contributed by atoms with Crippen LogP contribution < -0.4 is 0 Å². The van der Waals surface area contributed by atoms with Crippen LogP contribution in [0.2, 0.25) is 0 Å². The zero-order valence-corrected chi connectivity index (χ0v) is 17.9. The number of benzene rings is 1. The number of carbonyl (C=O) groups excluding carboxylic acids is 1. The number of carbonyl (C=O) groups is 1. The van der Waals surface area contributed by atoms with Gasteiger partial charge in [0.1, 0.15) is 5.82 Å². The Labute approximate surface area is 177 Å². The lowest BCUT2D eigenvalue weighted by Gasteiger charge is -2.13. The molecule has 0 saturated heterocycles. The van der Waals surface area contributed by atoms with Gasteiger partial charge in [0.2, 0.25) is 5.82 Å². The summed E-state index contributed by atoms with van der Waals surface area (Å²) in [7, 11) is 1.71. The van der Waals surface area contributed by atoms with Crippen LogP contribution in [0.3, 0.4) is 0 Å². The normalized spacial score (nSPS) is 11.0. The van der Waals surface area contributed by atoms with E-state index in [0.717, 1.165) is 13.5 Å². The van der Waals surface area contributed by atoms with Crippen molar-refractivity contribution in [3.63, 3.8) is 0 Å². The van der Waals surface area contributed by atoms with Crippen molar-refractivity contribution in [1.82, 2.24) is 19.7 Å². The molecule has 28 heavy (non-hydrogen) atoms. The summed E-state index contributed by atoms with van der Waals surface area (Å²) in [4.78, 5) is 20.8. The maximum Gasteiger partial charge on any atom is 0.293 e. The van der Waals surface area contributed by atoms with Gasteiger partial charge in [0, 0.05) is 11.9 Å². The Morgan fingerprint density at radius 1 is 1.25 bits per heavy atom. The van der Waals surface area contributed by atoms with E-state index in [9.17, 15) is 9.18 Å². The van der Waals surface area contributed by atoms with Crippen molar-refractivity contribution in [2.24, 2.45) is 0 Å². The van der Waals surface area contributed by atoms with Gasteiger partial charge in [0.15, 0.2) is 5.82 Å². The lowest BCUT2D eigenvalue weighted by atomic mass is 10.3. The quantitative estimate of drug-likeness (QED) is 0.396. The third kappa shape index (κ3) is 3.91. The largest absolute Gasteiger partial charge is 0.334 e. The number of thiophene rings is 2. The molecule has 0 atom stereocenters. The Balaban J connectivity index is 1.69. The Hall–Kier alpha value is -2.36. The van der Waals surface area contributed by atoms with Crippen molar-refractivity contribution in [2.45, 2.75) is 6.54 Å². The summed E-state index contributed by atoms with van der Waals surface area (Å²) >= 11 is 6.48. The van der Waals surface area contributed by atoms with E-state index in [1.807, 2.05) is 29.6 Å². The van der Waals surface area contributed by atoms with Crippen LogP contribution in [0.15, 0.2) is 57.7 Å². The number of rotatable bonds is 5. The lowest BCUT2D eigenvalue weighted by molar-refractivity contribution is 0.0774. The molecule has 1 amide bonds. The number of amides is 1. The first-order valence-corrected chi connectivity index (χ1v) is 10.8. The molecule has 9 heteroatoms. The molecule has 4 aromatic rings. The minimum absolute atomic E-state index is 0.0748. The fourth-order valence-electron chi connectivity index (χ4n) is 2.67. The van der Waals surface area contributed by atoms with Gasteiger partial charge in [-0.1, -0.05) is 12.1 Å². The number of hydrogen-bond acceptors (Lipinski definition) is 5. The molecule has 4 rings (SSSR count). The summed E-state index contributed by atoms with van der Waals surface area (Å²) in [5.41, 5.74) is 0.514. The van der Waals surface area contributed by atoms with E-state index in [1.165, 1.54) is 28.2 Å². The summed E-state index contributed by atoms with van der Waals surface area (Å²) < 4.78 is 16.3. The fourth-order valence-corrected chi connectivity index (χ4v) is 4.90. The highest BCUT2D eigenvalue weighted by atomic mass is 79.9. The van der Waals surface area contributed by atoms with Crippen molar-refractivity contribution in [3.8, 4) is 16.4 Å². The van der Waals surface area contributed by atoms with Gasteiger partial charge in [-0.15, -0.1) is 27.8 Å². The van der Waals surface area contributed by atoms with Gasteiger partial charge in [-0.2, -0.15) is 0 Å². The van der Waals surface area contributed by atoms with Gasteiger partial charge < -0.3 is 4.90 Å². The van der Waals surface area contributed by atoms with Crippen LogP contribution in [0.4, 0.5) is 4.39 Å². The third-order valence-corrected chi connectivity index (χ3v) is 6.44. The predicted octanol–water partition coefficient (Wildman–Crippen LogP) is 5.23. The van der Waals surface area contributed by atoms with Gasteiger partial charge in [0.05, 0.1) is 20.9 Å². The van der Waals surface area contributed by atoms with Crippen molar-refractivity contribution >= 4 is 44.5 Å². The molecule has 0 bridgehead atoms. The zero-order chi connectivity index (χ0) is 19.7. The summed E-state index contributed by atoms with van der Waals surface area (Å²) in [6.07, 6.45) is 0. The maximum absolute atomic E-state index is 13.7. The predicted molar refractivity (Wildman–Crippen MR) is 112 cm³/mol. The average Bonchev–Trinajstić information content (AvgIpc) is 3.41. The molecule has 0 radical (unpaired) electrons. The van der Waals surface area contributed by atoms with Gasteiger partial charge in [-0.25, -0.2) is 14.1 Å². The topological polar surface area (TPSA) is 51.0 Å². The molecule has 0 aliphatic heterocycles. The van der Waals surface area contributed by atoms with Gasteiger partial charge in [-0.05, 0) is 57.7 Å². The highest BCUT2D eigenvalue weighted by molar-refractivity contribution is 9.11. The van der Waals surface area contributed by atoms with Crippen LogP contribution in [0.5, 0.6) is 0 Å². The first-order chi connectivity index (χ1) is 13.5. The van der Waals surface area contributed by atoms with E-state index in [1.54, 1.807) is 35.4 Å². The molecule has 3 heterocycles. The van der Waals surface area contributed by atoms with Gasteiger partial charge >= 0.3 is 0 Å². The lowest BCUT2D eigenvalue weighted by Crippen LogP contribution is -2.27. The zero-order valence-electron chi connectivity index (χ0n) is 14.7.